The molecule has 8 nitrogen and oxygen atoms in total. The van der Waals surface area contributed by atoms with Crippen LogP contribution in [0.5, 0.6) is 0 Å². The van der Waals surface area contributed by atoms with Crippen molar-refractivity contribution in [3.63, 3.8) is 0 Å². The van der Waals surface area contributed by atoms with Crippen LogP contribution in [0, 0.1) is 6.92 Å². The van der Waals surface area contributed by atoms with Crippen molar-refractivity contribution in [3.8, 4) is 5.82 Å². The lowest BCUT2D eigenvalue weighted by molar-refractivity contribution is 0.00334. The first-order valence-corrected chi connectivity index (χ1v) is 11.7. The third-order valence-electron chi connectivity index (χ3n) is 6.68. The fourth-order valence-electron chi connectivity index (χ4n) is 4.90. The van der Waals surface area contributed by atoms with Crippen LogP contribution in [0.4, 0.5) is 5.82 Å². The molecule has 3 aromatic rings. The number of rotatable bonds is 5. The maximum absolute atomic E-state index is 9.53. The summed E-state index contributed by atoms with van der Waals surface area (Å²) in [7, 11) is 0. The summed E-state index contributed by atoms with van der Waals surface area (Å²) in [5.41, 5.74) is 3.85. The molecule has 178 valence electrons. The first kappa shape index (κ1) is 23.9. The summed E-state index contributed by atoms with van der Waals surface area (Å²) in [6.07, 6.45) is 4.82. The summed E-state index contributed by atoms with van der Waals surface area (Å²) in [5, 5.41) is 18.8. The van der Waals surface area contributed by atoms with Gasteiger partial charge in [-0.1, -0.05) is 6.92 Å². The summed E-state index contributed by atoms with van der Waals surface area (Å²) in [5.74, 6) is 3.02. The molecule has 0 unspecified atom stereocenters. The van der Waals surface area contributed by atoms with Gasteiger partial charge in [-0.15, -0.1) is 12.4 Å². The number of halogens is 1. The number of aliphatic hydroxyl groups excluding tert-OH is 1. The van der Waals surface area contributed by atoms with Gasteiger partial charge in [-0.2, -0.15) is 5.10 Å². The monoisotopic (exact) mass is 472 g/mol. The Balaban J connectivity index is 0.00000259. The minimum atomic E-state index is -0.187. The molecule has 2 aromatic heterocycles. The van der Waals surface area contributed by atoms with Crippen LogP contribution < -0.4 is 10.2 Å². The smallest absolute Gasteiger partial charge is 0.159 e. The van der Waals surface area contributed by atoms with Gasteiger partial charge < -0.3 is 20.1 Å². The number of piperidine rings is 1. The van der Waals surface area contributed by atoms with Crippen molar-refractivity contribution >= 4 is 29.1 Å². The van der Waals surface area contributed by atoms with Crippen molar-refractivity contribution < 1.29 is 9.84 Å². The summed E-state index contributed by atoms with van der Waals surface area (Å²) in [6.45, 7) is 8.38. The second kappa shape index (κ2) is 10.3. The summed E-state index contributed by atoms with van der Waals surface area (Å²) >= 11 is 0. The van der Waals surface area contributed by atoms with Crippen molar-refractivity contribution in [2.24, 2.45) is 0 Å². The number of morpholine rings is 1. The van der Waals surface area contributed by atoms with Crippen molar-refractivity contribution in [3.05, 3.63) is 41.3 Å². The Morgan fingerprint density at radius 2 is 1.94 bits per heavy atom. The molecule has 0 spiro atoms. The fourth-order valence-corrected chi connectivity index (χ4v) is 4.90. The zero-order valence-corrected chi connectivity index (χ0v) is 20.1. The Morgan fingerprint density at radius 1 is 1.15 bits per heavy atom. The number of nitrogens with one attached hydrogen (secondary N) is 1. The highest BCUT2D eigenvalue weighted by atomic mass is 35.5. The lowest BCUT2D eigenvalue weighted by atomic mass is 9.87. The maximum atomic E-state index is 9.53. The number of hydrogen-bond acceptors (Lipinski definition) is 7. The van der Waals surface area contributed by atoms with Gasteiger partial charge in [0.25, 0.3) is 0 Å². The molecule has 1 aromatic carbocycles. The maximum Gasteiger partial charge on any atom is 0.159 e. The predicted molar refractivity (Wildman–Crippen MR) is 132 cm³/mol. The van der Waals surface area contributed by atoms with E-state index >= 15 is 0 Å². The van der Waals surface area contributed by atoms with E-state index in [2.05, 4.69) is 36.2 Å². The Morgan fingerprint density at radius 3 is 2.70 bits per heavy atom. The number of aryl methyl sites for hydroxylation is 2. The molecule has 4 heterocycles. The molecule has 0 amide bonds. The van der Waals surface area contributed by atoms with Gasteiger partial charge in [0, 0.05) is 31.0 Å². The van der Waals surface area contributed by atoms with Crippen LogP contribution in [0.25, 0.3) is 16.7 Å². The molecule has 2 N–H and O–H groups in total. The Kier molecular flexibility index (Phi) is 7.48. The average Bonchev–Trinajstić information content (AvgIpc) is 3.26. The number of aliphatic hydroxyl groups is 1. The number of anilines is 1. The molecule has 2 aliphatic heterocycles. The van der Waals surface area contributed by atoms with Crippen LogP contribution in [0.15, 0.2) is 24.4 Å². The highest BCUT2D eigenvalue weighted by Gasteiger charge is 2.23. The molecule has 0 saturated carbocycles. The Hall–Kier alpha value is -2.26. The minimum absolute atomic E-state index is 0. The third kappa shape index (κ3) is 4.84. The van der Waals surface area contributed by atoms with E-state index in [-0.39, 0.29) is 25.1 Å². The number of fused-ring (bicyclic) bond motifs is 1. The topological polar surface area (TPSA) is 88.3 Å². The van der Waals surface area contributed by atoms with E-state index in [1.165, 1.54) is 24.0 Å². The van der Waals surface area contributed by atoms with Crippen LogP contribution in [0.3, 0.4) is 0 Å². The number of benzene rings is 1. The van der Waals surface area contributed by atoms with Gasteiger partial charge in [-0.25, -0.2) is 14.6 Å². The zero-order chi connectivity index (χ0) is 22.1. The largest absolute Gasteiger partial charge is 0.394 e. The quantitative estimate of drug-likeness (QED) is 0.590. The van der Waals surface area contributed by atoms with Gasteiger partial charge in [-0.3, -0.25) is 0 Å². The third-order valence-corrected chi connectivity index (χ3v) is 6.68. The number of ether oxygens (including phenoxy) is 1. The number of nitrogens with zero attached hydrogens (tertiary/aromatic N) is 5. The molecule has 0 aliphatic carbocycles. The van der Waals surface area contributed by atoms with Gasteiger partial charge >= 0.3 is 0 Å². The Bertz CT molecular complexity index is 1100. The molecule has 2 aliphatic rings. The average molecular weight is 473 g/mol. The van der Waals surface area contributed by atoms with Gasteiger partial charge in [-0.05, 0) is 62.0 Å². The summed E-state index contributed by atoms with van der Waals surface area (Å²) in [6, 6.07) is 6.58. The van der Waals surface area contributed by atoms with Crippen LogP contribution >= 0.6 is 12.4 Å². The lowest BCUT2D eigenvalue weighted by Crippen LogP contribution is -2.44. The molecule has 1 atom stereocenters. The second-order valence-electron chi connectivity index (χ2n) is 8.82. The molecule has 33 heavy (non-hydrogen) atoms. The standard InChI is InChI=1S/C24H32N6O2.ClH/c1-3-22-27-23(29-8-9-32-19(14-29)15-31)12-24(28-22)30-21-11-20(17-4-6-25-7-5-17)16(2)10-18(21)13-26-30;/h10-13,17,19,25,31H,3-9,14-15H2,1-2H3;1H/t19-;/m0./s1. The molecule has 0 radical (unpaired) electrons. The molecule has 9 heteroatoms. The molecular formula is C24H33ClN6O2. The molecular weight excluding hydrogens is 440 g/mol. The van der Waals surface area contributed by atoms with Gasteiger partial charge in [0.2, 0.25) is 0 Å². The van der Waals surface area contributed by atoms with E-state index in [0.29, 0.717) is 19.1 Å². The van der Waals surface area contributed by atoms with Crippen LogP contribution in [0.1, 0.15) is 42.6 Å². The van der Waals surface area contributed by atoms with Gasteiger partial charge in [0.15, 0.2) is 5.82 Å². The van der Waals surface area contributed by atoms with Crippen molar-refractivity contribution in [1.29, 1.82) is 0 Å². The SMILES string of the molecule is CCc1nc(N2CCO[C@H](CO)C2)cc(-n2ncc3cc(C)c(C4CCNCC4)cc32)n1.Cl. The highest BCUT2D eigenvalue weighted by molar-refractivity contribution is 5.85. The van der Waals surface area contributed by atoms with Crippen LogP contribution in [-0.4, -0.2) is 70.4 Å². The molecule has 5 rings (SSSR count). The zero-order valence-electron chi connectivity index (χ0n) is 19.3. The fraction of sp³-hybridized carbons (Fsp3) is 0.542. The van der Waals surface area contributed by atoms with Crippen LogP contribution in [0.2, 0.25) is 0 Å². The highest BCUT2D eigenvalue weighted by Crippen LogP contribution is 2.32. The van der Waals surface area contributed by atoms with E-state index in [0.717, 1.165) is 54.4 Å². The predicted octanol–water partition coefficient (Wildman–Crippen LogP) is 2.77. The van der Waals surface area contributed by atoms with E-state index in [1.54, 1.807) is 0 Å². The Labute approximate surface area is 200 Å². The first-order chi connectivity index (χ1) is 15.7. The van der Waals surface area contributed by atoms with E-state index in [4.69, 9.17) is 19.8 Å². The number of hydrogen-bond donors (Lipinski definition) is 2. The lowest BCUT2D eigenvalue weighted by Gasteiger charge is -2.33. The minimum Gasteiger partial charge on any atom is -0.394 e. The summed E-state index contributed by atoms with van der Waals surface area (Å²) < 4.78 is 7.57. The molecule has 2 saturated heterocycles. The van der Waals surface area contributed by atoms with E-state index < -0.39 is 0 Å². The first-order valence-electron chi connectivity index (χ1n) is 11.7. The summed E-state index contributed by atoms with van der Waals surface area (Å²) in [4.78, 5) is 11.8. The van der Waals surface area contributed by atoms with Gasteiger partial charge in [0.1, 0.15) is 11.6 Å². The molecule has 2 fully saturated rings. The van der Waals surface area contributed by atoms with Gasteiger partial charge in [0.05, 0.1) is 31.0 Å². The number of aromatic nitrogens is 4. The van der Waals surface area contributed by atoms with Crippen molar-refractivity contribution in [2.45, 2.75) is 45.1 Å². The molecule has 0 bridgehead atoms. The second-order valence-corrected chi connectivity index (χ2v) is 8.82. The van der Waals surface area contributed by atoms with E-state index in [1.807, 2.05) is 16.9 Å². The van der Waals surface area contributed by atoms with Crippen molar-refractivity contribution in [1.82, 2.24) is 25.1 Å². The van der Waals surface area contributed by atoms with E-state index in [9.17, 15) is 5.11 Å². The van der Waals surface area contributed by atoms with Crippen LogP contribution in [-0.2, 0) is 11.2 Å². The van der Waals surface area contributed by atoms with Crippen molar-refractivity contribution in [2.75, 3.05) is 44.3 Å². The normalized spacial score (nSPS) is 19.6.